The first-order valence-corrected chi connectivity index (χ1v) is 29.6. The van der Waals surface area contributed by atoms with Crippen molar-refractivity contribution in [3.63, 3.8) is 0 Å². The van der Waals surface area contributed by atoms with E-state index in [-0.39, 0.29) is 18.5 Å². The van der Waals surface area contributed by atoms with Crippen LogP contribution in [0, 0.1) is 0 Å². The van der Waals surface area contributed by atoms with Crippen LogP contribution in [0.5, 0.6) is 0 Å². The van der Waals surface area contributed by atoms with E-state index in [1.165, 1.54) is 218 Å². The standard InChI is InChI=1S/C60H115NO5/c1-3-5-7-9-11-13-15-17-19-26-30-34-38-42-46-50-54-60(65)66-55-51-47-43-39-35-31-27-24-22-20-21-23-25-29-33-37-41-45-49-53-59(64)61-57(56-62)58(63)52-48-44-40-36-32-28-18-16-14-12-10-8-6-4-2/h24,27,31,35,57-58,62-63H,3-23,25-26,28-30,32-34,36-56H2,1-2H3,(H,61,64)/b27-24-,35-31-. The molecule has 0 aromatic carbocycles. The lowest BCUT2D eigenvalue weighted by molar-refractivity contribution is -0.143. The van der Waals surface area contributed by atoms with Crippen LogP contribution >= 0.6 is 0 Å². The Morgan fingerprint density at radius 3 is 1.12 bits per heavy atom. The Kier molecular flexibility index (Phi) is 54.5. The summed E-state index contributed by atoms with van der Waals surface area (Å²) < 4.78 is 5.46. The van der Waals surface area contributed by atoms with Crippen molar-refractivity contribution in [2.75, 3.05) is 13.2 Å². The molecule has 0 aliphatic carbocycles. The highest BCUT2D eigenvalue weighted by Gasteiger charge is 2.20. The number of hydrogen-bond donors (Lipinski definition) is 3. The van der Waals surface area contributed by atoms with Gasteiger partial charge in [0, 0.05) is 12.8 Å². The second kappa shape index (κ2) is 55.9. The molecule has 2 atom stereocenters. The molecular weight excluding hydrogens is 815 g/mol. The predicted octanol–water partition coefficient (Wildman–Crippen LogP) is 18.2. The van der Waals surface area contributed by atoms with Gasteiger partial charge < -0.3 is 20.3 Å². The van der Waals surface area contributed by atoms with E-state index in [1.807, 2.05) is 0 Å². The lowest BCUT2D eigenvalue weighted by atomic mass is 10.0. The molecule has 0 heterocycles. The van der Waals surface area contributed by atoms with Crippen LogP contribution in [-0.4, -0.2) is 47.4 Å². The maximum Gasteiger partial charge on any atom is 0.305 e. The van der Waals surface area contributed by atoms with E-state index >= 15 is 0 Å². The Bertz CT molecular complexity index is 1030. The van der Waals surface area contributed by atoms with Crippen molar-refractivity contribution in [3.05, 3.63) is 24.3 Å². The van der Waals surface area contributed by atoms with E-state index in [2.05, 4.69) is 43.5 Å². The monoisotopic (exact) mass is 930 g/mol. The van der Waals surface area contributed by atoms with Crippen LogP contribution in [0.2, 0.25) is 0 Å². The second-order valence-electron chi connectivity index (χ2n) is 20.4. The molecule has 0 aliphatic rings. The molecule has 0 rings (SSSR count). The molecular formula is C60H115NO5. The molecule has 390 valence electrons. The van der Waals surface area contributed by atoms with Crippen molar-refractivity contribution < 1.29 is 24.5 Å². The number of hydrogen-bond acceptors (Lipinski definition) is 5. The summed E-state index contributed by atoms with van der Waals surface area (Å²) in [6.45, 7) is 4.93. The normalized spacial score (nSPS) is 12.7. The number of esters is 1. The number of nitrogens with one attached hydrogen (secondary N) is 1. The first-order chi connectivity index (χ1) is 32.5. The van der Waals surface area contributed by atoms with E-state index in [4.69, 9.17) is 4.74 Å². The smallest absolute Gasteiger partial charge is 0.305 e. The van der Waals surface area contributed by atoms with Gasteiger partial charge in [-0.3, -0.25) is 9.59 Å². The van der Waals surface area contributed by atoms with Gasteiger partial charge in [-0.25, -0.2) is 0 Å². The Labute approximate surface area is 411 Å². The fraction of sp³-hybridized carbons (Fsp3) is 0.900. The van der Waals surface area contributed by atoms with Gasteiger partial charge in [-0.2, -0.15) is 0 Å². The van der Waals surface area contributed by atoms with Gasteiger partial charge >= 0.3 is 5.97 Å². The summed E-state index contributed by atoms with van der Waals surface area (Å²) in [5.41, 5.74) is 0. The first-order valence-electron chi connectivity index (χ1n) is 29.6. The van der Waals surface area contributed by atoms with Crippen LogP contribution in [0.4, 0.5) is 0 Å². The molecule has 66 heavy (non-hydrogen) atoms. The highest BCUT2D eigenvalue weighted by Crippen LogP contribution is 2.17. The molecule has 1 amide bonds. The fourth-order valence-corrected chi connectivity index (χ4v) is 9.22. The van der Waals surface area contributed by atoms with Gasteiger partial charge in [-0.15, -0.1) is 0 Å². The van der Waals surface area contributed by atoms with Gasteiger partial charge in [0.15, 0.2) is 0 Å². The number of aliphatic hydroxyl groups excluding tert-OH is 2. The summed E-state index contributed by atoms with van der Waals surface area (Å²) in [5.74, 6) is -0.0533. The first kappa shape index (κ1) is 64.3. The summed E-state index contributed by atoms with van der Waals surface area (Å²) in [6, 6.07) is -0.548. The van der Waals surface area contributed by atoms with Crippen LogP contribution in [-0.2, 0) is 14.3 Å². The van der Waals surface area contributed by atoms with Crippen molar-refractivity contribution in [1.29, 1.82) is 0 Å². The highest BCUT2D eigenvalue weighted by molar-refractivity contribution is 5.76. The lowest BCUT2D eigenvalue weighted by Gasteiger charge is -2.22. The van der Waals surface area contributed by atoms with Crippen molar-refractivity contribution in [2.24, 2.45) is 0 Å². The van der Waals surface area contributed by atoms with Crippen LogP contribution in [0.25, 0.3) is 0 Å². The molecule has 6 heteroatoms. The number of aliphatic hydroxyl groups is 2. The Morgan fingerprint density at radius 1 is 0.424 bits per heavy atom. The molecule has 3 N–H and O–H groups in total. The third-order valence-corrected chi connectivity index (χ3v) is 13.8. The molecule has 0 saturated heterocycles. The van der Waals surface area contributed by atoms with E-state index < -0.39 is 12.1 Å². The Hall–Kier alpha value is -1.66. The third kappa shape index (κ3) is 51.7. The maximum atomic E-state index is 12.5. The molecule has 0 saturated carbocycles. The summed E-state index contributed by atoms with van der Waals surface area (Å²) in [4.78, 5) is 24.5. The maximum absolute atomic E-state index is 12.5. The topological polar surface area (TPSA) is 95.9 Å². The van der Waals surface area contributed by atoms with E-state index in [0.717, 1.165) is 70.6 Å². The van der Waals surface area contributed by atoms with Gasteiger partial charge in [0.1, 0.15) is 0 Å². The quantitative estimate of drug-likeness (QED) is 0.0321. The largest absolute Gasteiger partial charge is 0.466 e. The highest BCUT2D eigenvalue weighted by atomic mass is 16.5. The summed E-state index contributed by atoms with van der Waals surface area (Å²) in [7, 11) is 0. The minimum Gasteiger partial charge on any atom is -0.466 e. The van der Waals surface area contributed by atoms with Gasteiger partial charge in [0.25, 0.3) is 0 Å². The molecule has 0 radical (unpaired) electrons. The van der Waals surface area contributed by atoms with Crippen LogP contribution in [0.1, 0.15) is 322 Å². The zero-order valence-corrected chi connectivity index (χ0v) is 44.4. The summed E-state index contributed by atoms with van der Waals surface area (Å²) in [6.07, 6.45) is 67.4. The van der Waals surface area contributed by atoms with Gasteiger partial charge in [-0.1, -0.05) is 276 Å². The third-order valence-electron chi connectivity index (χ3n) is 13.8. The average Bonchev–Trinajstić information content (AvgIpc) is 3.32. The zero-order valence-electron chi connectivity index (χ0n) is 44.4. The summed E-state index contributed by atoms with van der Waals surface area (Å²) >= 11 is 0. The number of carbonyl (C=O) groups is 2. The minimum absolute atomic E-state index is 0.00961. The number of rotatable bonds is 55. The van der Waals surface area contributed by atoms with Crippen LogP contribution < -0.4 is 5.32 Å². The molecule has 2 unspecified atom stereocenters. The van der Waals surface area contributed by atoms with Crippen LogP contribution in [0.3, 0.4) is 0 Å². The molecule has 0 fully saturated rings. The van der Waals surface area contributed by atoms with E-state index in [1.54, 1.807) is 0 Å². The van der Waals surface area contributed by atoms with Crippen molar-refractivity contribution >= 4 is 11.9 Å². The Morgan fingerprint density at radius 2 is 0.742 bits per heavy atom. The number of unbranched alkanes of at least 4 members (excludes halogenated alkanes) is 41. The number of allylic oxidation sites excluding steroid dienone is 4. The number of ether oxygens (including phenoxy) is 1. The SMILES string of the molecule is CCCCCCCCCCCCCCCCCCC(=O)OCCCCC/C=C\C=C/CCCCCCCCCCCCC(=O)NC(CO)C(O)CCCCCCCCCCCCCCCC. The lowest BCUT2D eigenvalue weighted by Crippen LogP contribution is -2.45. The number of carbonyl (C=O) groups excluding carboxylic acids is 2. The number of amides is 1. The van der Waals surface area contributed by atoms with Gasteiger partial charge in [0.05, 0.1) is 25.4 Å². The molecule has 0 aromatic heterocycles. The van der Waals surface area contributed by atoms with Crippen molar-refractivity contribution in [3.8, 4) is 0 Å². The van der Waals surface area contributed by atoms with Crippen molar-refractivity contribution in [1.82, 2.24) is 5.32 Å². The van der Waals surface area contributed by atoms with E-state index in [0.29, 0.717) is 25.9 Å². The minimum atomic E-state index is -0.670. The molecule has 0 aromatic rings. The van der Waals surface area contributed by atoms with Gasteiger partial charge in [-0.05, 0) is 57.8 Å². The molecule has 6 nitrogen and oxygen atoms in total. The zero-order chi connectivity index (χ0) is 47.9. The molecule has 0 aliphatic heterocycles. The van der Waals surface area contributed by atoms with Crippen molar-refractivity contribution in [2.45, 2.75) is 334 Å². The predicted molar refractivity (Wildman–Crippen MR) is 287 cm³/mol. The second-order valence-corrected chi connectivity index (χ2v) is 20.4. The van der Waals surface area contributed by atoms with E-state index in [9.17, 15) is 19.8 Å². The van der Waals surface area contributed by atoms with Crippen LogP contribution in [0.15, 0.2) is 24.3 Å². The molecule has 0 spiro atoms. The Balaban J connectivity index is 3.46. The average molecular weight is 931 g/mol. The fourth-order valence-electron chi connectivity index (χ4n) is 9.22. The summed E-state index contributed by atoms with van der Waals surface area (Å²) in [5, 5.41) is 23.2. The molecule has 0 bridgehead atoms. The van der Waals surface area contributed by atoms with Gasteiger partial charge in [0.2, 0.25) is 5.91 Å².